The molecule has 0 spiro atoms. The number of aromatic nitrogens is 4. The highest BCUT2D eigenvalue weighted by atomic mass is 15.2. The van der Waals surface area contributed by atoms with Crippen LogP contribution in [0, 0.1) is 0 Å². The highest BCUT2D eigenvalue weighted by molar-refractivity contribution is 5.67. The molecule has 0 unspecified atom stereocenters. The van der Waals surface area contributed by atoms with Crippen LogP contribution in [0.4, 0.5) is 11.8 Å². The molecule has 1 aliphatic carbocycles. The molecule has 1 saturated carbocycles. The summed E-state index contributed by atoms with van der Waals surface area (Å²) >= 11 is 0. The van der Waals surface area contributed by atoms with Crippen molar-refractivity contribution >= 4 is 11.8 Å². The number of hydrogen-bond acceptors (Lipinski definition) is 6. The summed E-state index contributed by atoms with van der Waals surface area (Å²) in [6, 6.07) is 2.04. The predicted octanol–water partition coefficient (Wildman–Crippen LogP) is 1.50. The van der Waals surface area contributed by atoms with Crippen LogP contribution in [0.2, 0.25) is 0 Å². The van der Waals surface area contributed by atoms with E-state index in [0.717, 1.165) is 30.2 Å². The summed E-state index contributed by atoms with van der Waals surface area (Å²) < 4.78 is 0. The van der Waals surface area contributed by atoms with Gasteiger partial charge >= 0.3 is 0 Å². The third-order valence-corrected chi connectivity index (χ3v) is 4.09. The van der Waals surface area contributed by atoms with Crippen molar-refractivity contribution in [2.24, 2.45) is 5.73 Å². The van der Waals surface area contributed by atoms with E-state index in [1.54, 1.807) is 0 Å². The number of nitrogens with one attached hydrogen (secondary N) is 1. The molecule has 2 aromatic rings. The average Bonchev–Trinajstić information content (AvgIpc) is 3.06. The van der Waals surface area contributed by atoms with Gasteiger partial charge in [-0.2, -0.15) is 10.1 Å². The summed E-state index contributed by atoms with van der Waals surface area (Å²) in [6.45, 7) is 2.10. The van der Waals surface area contributed by atoms with Gasteiger partial charge in [0.25, 0.3) is 0 Å². The maximum Gasteiger partial charge on any atom is 0.222 e. The lowest BCUT2D eigenvalue weighted by Crippen LogP contribution is -2.19. The lowest BCUT2D eigenvalue weighted by atomic mass is 10.1. The molecule has 7 heteroatoms. The van der Waals surface area contributed by atoms with Gasteiger partial charge in [-0.15, -0.1) is 0 Å². The van der Waals surface area contributed by atoms with E-state index in [-0.39, 0.29) is 0 Å². The van der Waals surface area contributed by atoms with Crippen molar-refractivity contribution in [1.29, 1.82) is 0 Å². The molecule has 2 aliphatic rings. The number of rotatable bonds is 3. The number of anilines is 2. The molecular formula is C15H23N7. The first kappa shape index (κ1) is 14.8. The fourth-order valence-electron chi connectivity index (χ4n) is 2.88. The molecule has 3 heterocycles. The van der Waals surface area contributed by atoms with Gasteiger partial charge in [0.2, 0.25) is 5.95 Å². The third-order valence-electron chi connectivity index (χ3n) is 4.09. The van der Waals surface area contributed by atoms with E-state index < -0.39 is 0 Å². The lowest BCUT2D eigenvalue weighted by molar-refractivity contribution is 0.931. The van der Waals surface area contributed by atoms with Gasteiger partial charge in [-0.3, -0.25) is 5.10 Å². The molecule has 5 N–H and O–H groups in total. The zero-order valence-corrected chi connectivity index (χ0v) is 12.9. The summed E-state index contributed by atoms with van der Waals surface area (Å²) in [5.41, 5.74) is 13.5. The van der Waals surface area contributed by atoms with Crippen molar-refractivity contribution in [1.82, 2.24) is 20.2 Å². The van der Waals surface area contributed by atoms with Gasteiger partial charge in [-0.05, 0) is 32.7 Å². The van der Waals surface area contributed by atoms with Crippen LogP contribution in [0.1, 0.15) is 37.3 Å². The van der Waals surface area contributed by atoms with Crippen molar-refractivity contribution < 1.29 is 0 Å². The summed E-state index contributed by atoms with van der Waals surface area (Å²) in [5, 5.41) is 7.29. The first-order chi connectivity index (χ1) is 10.8. The second-order valence-corrected chi connectivity index (χ2v) is 5.64. The minimum absolute atomic E-state index is 0.340. The van der Waals surface area contributed by atoms with E-state index >= 15 is 0 Å². The van der Waals surface area contributed by atoms with Crippen LogP contribution in [0.25, 0.3) is 11.3 Å². The molecule has 118 valence electrons. The first-order valence-corrected chi connectivity index (χ1v) is 7.82. The van der Waals surface area contributed by atoms with Gasteiger partial charge in [0.1, 0.15) is 5.82 Å². The zero-order valence-electron chi connectivity index (χ0n) is 12.9. The Morgan fingerprint density at radius 3 is 2.59 bits per heavy atom. The van der Waals surface area contributed by atoms with Crippen LogP contribution in [-0.4, -0.2) is 40.3 Å². The van der Waals surface area contributed by atoms with Crippen molar-refractivity contribution in [3.05, 3.63) is 18.0 Å². The minimum Gasteiger partial charge on any atom is -0.368 e. The largest absolute Gasteiger partial charge is 0.368 e. The van der Waals surface area contributed by atoms with Crippen LogP contribution in [0.3, 0.4) is 0 Å². The Kier molecular flexibility index (Phi) is 4.24. The van der Waals surface area contributed by atoms with E-state index in [4.69, 9.17) is 5.73 Å². The molecule has 4 rings (SSSR count). The number of nitrogens with zero attached hydrogens (tertiary/aromatic N) is 4. The van der Waals surface area contributed by atoms with Gasteiger partial charge in [-0.1, -0.05) is 0 Å². The molecule has 1 aliphatic heterocycles. The molecule has 2 aromatic heterocycles. The number of nitrogens with two attached hydrogens (primary N) is 2. The maximum absolute atomic E-state index is 5.90. The van der Waals surface area contributed by atoms with Crippen molar-refractivity contribution in [3.63, 3.8) is 0 Å². The fourth-order valence-corrected chi connectivity index (χ4v) is 2.88. The number of hydrogen-bond donors (Lipinski definition) is 3. The van der Waals surface area contributed by atoms with Crippen LogP contribution in [0.5, 0.6) is 0 Å². The lowest BCUT2D eigenvalue weighted by Gasteiger charge is -2.17. The van der Waals surface area contributed by atoms with E-state index in [9.17, 15) is 0 Å². The van der Waals surface area contributed by atoms with E-state index in [2.05, 4.69) is 30.8 Å². The monoisotopic (exact) mass is 301 g/mol. The van der Waals surface area contributed by atoms with Gasteiger partial charge < -0.3 is 16.4 Å². The standard InChI is InChI=1S/C14H18N6.CH5N/c15-14-17-11(7-12(18-14)20-5-1-2-6-20)10-8-16-19-13(10)9-3-4-9;1-2/h7-9H,1-6H2,(H,16,19)(H2,15,17,18);2H2,1H3. The Balaban J connectivity index is 0.000000693. The van der Waals surface area contributed by atoms with Crippen molar-refractivity contribution in [2.75, 3.05) is 30.8 Å². The minimum atomic E-state index is 0.340. The van der Waals surface area contributed by atoms with E-state index in [1.165, 1.54) is 38.4 Å². The smallest absolute Gasteiger partial charge is 0.222 e. The van der Waals surface area contributed by atoms with Crippen molar-refractivity contribution in [2.45, 2.75) is 31.6 Å². The molecule has 0 atom stereocenters. The molecule has 0 aromatic carbocycles. The summed E-state index contributed by atoms with van der Waals surface area (Å²) in [5.74, 6) is 1.89. The van der Waals surface area contributed by atoms with Crippen LogP contribution < -0.4 is 16.4 Å². The highest BCUT2D eigenvalue weighted by Gasteiger charge is 2.29. The Morgan fingerprint density at radius 2 is 1.91 bits per heavy atom. The van der Waals surface area contributed by atoms with Gasteiger partial charge in [0, 0.05) is 36.3 Å². The molecule has 7 nitrogen and oxygen atoms in total. The molecule has 0 amide bonds. The van der Waals surface area contributed by atoms with Crippen molar-refractivity contribution in [3.8, 4) is 11.3 Å². The average molecular weight is 301 g/mol. The zero-order chi connectivity index (χ0) is 15.5. The SMILES string of the molecule is CN.Nc1nc(-c2cn[nH]c2C2CC2)cc(N2CCCC2)n1. The molecule has 0 bridgehead atoms. The molecule has 2 fully saturated rings. The number of H-pyrrole nitrogens is 1. The third kappa shape index (κ3) is 2.89. The summed E-state index contributed by atoms with van der Waals surface area (Å²) in [6.07, 6.45) is 6.75. The van der Waals surface area contributed by atoms with Crippen LogP contribution in [0.15, 0.2) is 12.3 Å². The Hall–Kier alpha value is -2.15. The van der Waals surface area contributed by atoms with Crippen LogP contribution in [-0.2, 0) is 0 Å². The highest BCUT2D eigenvalue weighted by Crippen LogP contribution is 2.43. The molecule has 1 saturated heterocycles. The number of aromatic amines is 1. The summed E-state index contributed by atoms with van der Waals surface area (Å²) in [7, 11) is 1.50. The second kappa shape index (κ2) is 6.31. The van der Waals surface area contributed by atoms with E-state index in [1.807, 2.05) is 12.3 Å². The normalized spacial score (nSPS) is 17.3. The molecule has 22 heavy (non-hydrogen) atoms. The van der Waals surface area contributed by atoms with Crippen LogP contribution >= 0.6 is 0 Å². The summed E-state index contributed by atoms with van der Waals surface area (Å²) in [4.78, 5) is 11.1. The maximum atomic E-state index is 5.90. The quantitative estimate of drug-likeness (QED) is 0.792. The second-order valence-electron chi connectivity index (χ2n) is 5.64. The topological polar surface area (TPSA) is 110 Å². The van der Waals surface area contributed by atoms with Gasteiger partial charge in [0.15, 0.2) is 0 Å². The fraction of sp³-hybridized carbons (Fsp3) is 0.533. The first-order valence-electron chi connectivity index (χ1n) is 7.82. The van der Waals surface area contributed by atoms with Gasteiger partial charge in [-0.25, -0.2) is 4.98 Å². The Labute approximate surface area is 130 Å². The van der Waals surface area contributed by atoms with Gasteiger partial charge in [0.05, 0.1) is 11.9 Å². The number of nitrogen functional groups attached to an aromatic ring is 1. The molecular weight excluding hydrogens is 278 g/mol. The Morgan fingerprint density at radius 1 is 1.18 bits per heavy atom. The molecule has 0 radical (unpaired) electrons. The Bertz CT molecular complexity index is 627. The predicted molar refractivity (Wildman–Crippen MR) is 87.6 cm³/mol. The van der Waals surface area contributed by atoms with E-state index in [0.29, 0.717) is 11.9 Å².